The van der Waals surface area contributed by atoms with E-state index < -0.39 is 6.10 Å². The number of Topliss-reactive ketones (excluding diaryl/α,β-unsaturated/α-hetero) is 1. The lowest BCUT2D eigenvalue weighted by Gasteiger charge is -2.19. The van der Waals surface area contributed by atoms with Crippen LogP contribution in [0.2, 0.25) is 0 Å². The zero-order valence-electron chi connectivity index (χ0n) is 18.1. The number of nitrogens with zero attached hydrogens (tertiary/aromatic N) is 1. The SMILES string of the molecule is CCCC(=O)c1cnc2c(C(O)c3ccc(F)cc3)cccc2c1Nc1ccccc1C. The Bertz CT molecular complexity index is 1270. The summed E-state index contributed by atoms with van der Waals surface area (Å²) in [4.78, 5) is 17.5. The molecule has 4 nitrogen and oxygen atoms in total. The number of para-hydroxylation sites is 2. The summed E-state index contributed by atoms with van der Waals surface area (Å²) in [7, 11) is 0. The van der Waals surface area contributed by atoms with Gasteiger partial charge in [-0.05, 0) is 42.7 Å². The van der Waals surface area contributed by atoms with Gasteiger partial charge in [-0.1, -0.05) is 55.5 Å². The lowest BCUT2D eigenvalue weighted by molar-refractivity contribution is 0.0982. The number of hydrogen-bond acceptors (Lipinski definition) is 4. The monoisotopic (exact) mass is 428 g/mol. The van der Waals surface area contributed by atoms with Crippen molar-refractivity contribution in [3.05, 3.63) is 101 Å². The number of carbonyl (C=O) groups excluding carboxylic acids is 1. The van der Waals surface area contributed by atoms with Crippen LogP contribution in [0.15, 0.2) is 72.9 Å². The second kappa shape index (κ2) is 9.28. The van der Waals surface area contributed by atoms with Crippen molar-refractivity contribution in [2.24, 2.45) is 0 Å². The topological polar surface area (TPSA) is 62.2 Å². The summed E-state index contributed by atoms with van der Waals surface area (Å²) < 4.78 is 13.3. The highest BCUT2D eigenvalue weighted by molar-refractivity contribution is 6.09. The number of pyridine rings is 1. The first kappa shape index (κ1) is 21.7. The molecule has 0 amide bonds. The highest BCUT2D eigenvalue weighted by atomic mass is 19.1. The van der Waals surface area contributed by atoms with Crippen molar-refractivity contribution < 1.29 is 14.3 Å². The van der Waals surface area contributed by atoms with E-state index in [0.29, 0.717) is 34.3 Å². The Balaban J connectivity index is 1.89. The van der Waals surface area contributed by atoms with Gasteiger partial charge in [-0.25, -0.2) is 4.39 Å². The van der Waals surface area contributed by atoms with E-state index in [0.717, 1.165) is 23.1 Å². The van der Waals surface area contributed by atoms with Crippen molar-refractivity contribution in [3.8, 4) is 0 Å². The van der Waals surface area contributed by atoms with E-state index in [4.69, 9.17) is 0 Å². The number of nitrogens with one attached hydrogen (secondary N) is 1. The molecule has 4 rings (SSSR count). The molecule has 2 N–H and O–H groups in total. The number of aryl methyl sites for hydroxylation is 1. The van der Waals surface area contributed by atoms with Crippen LogP contribution in [-0.4, -0.2) is 15.9 Å². The van der Waals surface area contributed by atoms with Gasteiger partial charge in [-0.3, -0.25) is 9.78 Å². The number of aliphatic hydroxyl groups is 1. The Kier molecular flexibility index (Phi) is 6.28. The second-order valence-corrected chi connectivity index (χ2v) is 7.86. The third-order valence-corrected chi connectivity index (χ3v) is 5.59. The fraction of sp³-hybridized carbons (Fsp3) is 0.185. The number of aliphatic hydroxyl groups excluding tert-OH is 1. The van der Waals surface area contributed by atoms with Crippen molar-refractivity contribution in [1.29, 1.82) is 0 Å². The molecule has 162 valence electrons. The minimum Gasteiger partial charge on any atom is -0.384 e. The van der Waals surface area contributed by atoms with Gasteiger partial charge >= 0.3 is 0 Å². The standard InChI is InChI=1S/C27H25FN2O2/c1-3-7-24(31)22-16-29-25-20(26(22)30-23-11-5-4-8-17(23)2)9-6-10-21(25)27(32)18-12-14-19(28)15-13-18/h4-6,8-16,27,32H,3,7H2,1-2H3,(H,29,30). The van der Waals surface area contributed by atoms with E-state index in [2.05, 4.69) is 10.3 Å². The predicted molar refractivity (Wildman–Crippen MR) is 126 cm³/mol. The van der Waals surface area contributed by atoms with E-state index in [-0.39, 0.29) is 11.6 Å². The van der Waals surface area contributed by atoms with Crippen LogP contribution in [0.5, 0.6) is 0 Å². The summed E-state index contributed by atoms with van der Waals surface area (Å²) in [6.07, 6.45) is 1.77. The molecule has 1 unspecified atom stereocenters. The predicted octanol–water partition coefficient (Wildman–Crippen LogP) is 6.49. The van der Waals surface area contributed by atoms with Gasteiger partial charge in [-0.2, -0.15) is 0 Å². The third kappa shape index (κ3) is 4.25. The van der Waals surface area contributed by atoms with E-state index in [9.17, 15) is 14.3 Å². The van der Waals surface area contributed by atoms with Crippen LogP contribution in [0, 0.1) is 12.7 Å². The first-order valence-corrected chi connectivity index (χ1v) is 10.7. The molecule has 0 radical (unpaired) electrons. The van der Waals surface area contributed by atoms with Crippen molar-refractivity contribution in [2.45, 2.75) is 32.8 Å². The summed E-state index contributed by atoms with van der Waals surface area (Å²) in [5.41, 5.74) is 4.90. The molecule has 3 aromatic carbocycles. The fourth-order valence-electron chi connectivity index (χ4n) is 3.85. The summed E-state index contributed by atoms with van der Waals surface area (Å²) in [5, 5.41) is 15.2. The number of aromatic nitrogens is 1. The van der Waals surface area contributed by atoms with Crippen LogP contribution >= 0.6 is 0 Å². The summed E-state index contributed by atoms with van der Waals surface area (Å²) in [6.45, 7) is 3.97. The molecule has 0 aliphatic rings. The van der Waals surface area contributed by atoms with Gasteiger partial charge in [0, 0.05) is 29.3 Å². The minimum atomic E-state index is -0.977. The summed E-state index contributed by atoms with van der Waals surface area (Å²) in [5.74, 6) is -0.344. The lowest BCUT2D eigenvalue weighted by Crippen LogP contribution is -2.08. The van der Waals surface area contributed by atoms with Gasteiger partial charge < -0.3 is 10.4 Å². The molecular formula is C27H25FN2O2. The molecule has 0 saturated heterocycles. The number of carbonyl (C=O) groups is 1. The highest BCUT2D eigenvalue weighted by Gasteiger charge is 2.20. The molecule has 32 heavy (non-hydrogen) atoms. The number of hydrogen-bond donors (Lipinski definition) is 2. The zero-order valence-corrected chi connectivity index (χ0v) is 18.1. The Labute approximate surface area is 186 Å². The van der Waals surface area contributed by atoms with E-state index >= 15 is 0 Å². The highest BCUT2D eigenvalue weighted by Crippen LogP contribution is 2.35. The van der Waals surface area contributed by atoms with Crippen LogP contribution < -0.4 is 5.32 Å². The van der Waals surface area contributed by atoms with Gasteiger partial charge in [-0.15, -0.1) is 0 Å². The van der Waals surface area contributed by atoms with Gasteiger partial charge in [0.05, 0.1) is 16.8 Å². The minimum absolute atomic E-state index is 0.0162. The molecule has 0 aliphatic heterocycles. The molecular weight excluding hydrogens is 403 g/mol. The number of fused-ring (bicyclic) bond motifs is 1. The molecule has 1 atom stereocenters. The zero-order chi connectivity index (χ0) is 22.7. The second-order valence-electron chi connectivity index (χ2n) is 7.86. The Morgan fingerprint density at radius 2 is 1.81 bits per heavy atom. The summed E-state index contributed by atoms with van der Waals surface area (Å²) >= 11 is 0. The van der Waals surface area contributed by atoms with Gasteiger partial charge in [0.2, 0.25) is 0 Å². The van der Waals surface area contributed by atoms with Gasteiger partial charge in [0.1, 0.15) is 11.9 Å². The molecule has 1 aromatic heterocycles. The van der Waals surface area contributed by atoms with Crippen LogP contribution in [0.3, 0.4) is 0 Å². The lowest BCUT2D eigenvalue weighted by atomic mass is 9.96. The van der Waals surface area contributed by atoms with Crippen molar-refractivity contribution in [1.82, 2.24) is 4.98 Å². The van der Waals surface area contributed by atoms with Crippen LogP contribution in [-0.2, 0) is 0 Å². The molecule has 4 aromatic rings. The fourth-order valence-corrected chi connectivity index (χ4v) is 3.85. The van der Waals surface area contributed by atoms with E-state index in [1.54, 1.807) is 24.4 Å². The van der Waals surface area contributed by atoms with Crippen molar-refractivity contribution in [2.75, 3.05) is 5.32 Å². The Morgan fingerprint density at radius 3 is 2.53 bits per heavy atom. The average molecular weight is 429 g/mol. The Morgan fingerprint density at radius 1 is 1.06 bits per heavy atom. The number of halogens is 1. The number of ketones is 1. The number of anilines is 2. The molecule has 0 bridgehead atoms. The molecule has 0 fully saturated rings. The van der Waals surface area contributed by atoms with Gasteiger partial charge in [0.25, 0.3) is 0 Å². The third-order valence-electron chi connectivity index (χ3n) is 5.59. The van der Waals surface area contributed by atoms with Crippen LogP contribution in [0.4, 0.5) is 15.8 Å². The number of benzene rings is 3. The normalized spacial score (nSPS) is 12.0. The van der Waals surface area contributed by atoms with Crippen LogP contribution in [0.1, 0.15) is 52.9 Å². The molecule has 0 saturated carbocycles. The largest absolute Gasteiger partial charge is 0.384 e. The Hall–Kier alpha value is -3.57. The molecule has 1 heterocycles. The first-order chi connectivity index (χ1) is 15.5. The van der Waals surface area contributed by atoms with Crippen molar-refractivity contribution in [3.63, 3.8) is 0 Å². The first-order valence-electron chi connectivity index (χ1n) is 10.7. The van der Waals surface area contributed by atoms with Crippen LogP contribution in [0.25, 0.3) is 10.9 Å². The quantitative estimate of drug-likeness (QED) is 0.330. The van der Waals surface area contributed by atoms with E-state index in [1.165, 1.54) is 12.1 Å². The average Bonchev–Trinajstić information content (AvgIpc) is 2.80. The van der Waals surface area contributed by atoms with Crippen molar-refractivity contribution >= 4 is 28.1 Å². The summed E-state index contributed by atoms with van der Waals surface area (Å²) in [6, 6.07) is 19.2. The maximum absolute atomic E-state index is 13.3. The van der Waals surface area contributed by atoms with Gasteiger partial charge in [0.15, 0.2) is 5.78 Å². The molecule has 0 aliphatic carbocycles. The van der Waals surface area contributed by atoms with E-state index in [1.807, 2.05) is 50.2 Å². The smallest absolute Gasteiger partial charge is 0.166 e. The maximum atomic E-state index is 13.3. The maximum Gasteiger partial charge on any atom is 0.166 e. The molecule has 0 spiro atoms. The molecule has 5 heteroatoms. The number of rotatable bonds is 7.